The molecule has 18 heavy (non-hydrogen) atoms. The Morgan fingerprint density at radius 2 is 2.28 bits per heavy atom. The van der Waals surface area contributed by atoms with Crippen molar-refractivity contribution in [2.24, 2.45) is 0 Å². The molecule has 92 valence electrons. The normalized spacial score (nSPS) is 15.8. The van der Waals surface area contributed by atoms with E-state index >= 15 is 0 Å². The molecule has 0 amide bonds. The molecule has 4 heteroatoms. The number of carbonyl (C=O) groups excluding carboxylic acids is 1. The molecular weight excluding hydrogens is 233 g/mol. The summed E-state index contributed by atoms with van der Waals surface area (Å²) in [6.45, 7) is 1.92. The molecule has 0 saturated carbocycles. The lowest BCUT2D eigenvalue weighted by atomic mass is 10.0. The number of carbonyl (C=O) groups is 1. The zero-order valence-electron chi connectivity index (χ0n) is 10.00. The minimum Gasteiger partial charge on any atom is -0.462 e. The molecule has 0 bridgehead atoms. The number of esters is 1. The Kier molecular flexibility index (Phi) is 3.42. The summed E-state index contributed by atoms with van der Waals surface area (Å²) in [4.78, 5) is 11.7. The summed E-state index contributed by atoms with van der Waals surface area (Å²) < 4.78 is 17.9. The molecule has 0 heterocycles. The Morgan fingerprint density at radius 1 is 1.50 bits per heavy atom. The van der Waals surface area contributed by atoms with Crippen LogP contribution in [0.1, 0.15) is 24.5 Å². The van der Waals surface area contributed by atoms with Crippen LogP contribution in [-0.4, -0.2) is 12.6 Å². The number of rotatable bonds is 2. The summed E-state index contributed by atoms with van der Waals surface area (Å²) >= 11 is 0. The maximum atomic E-state index is 13.1. The second-order valence-electron chi connectivity index (χ2n) is 3.99. The predicted molar refractivity (Wildman–Crippen MR) is 63.9 cm³/mol. The molecule has 0 saturated heterocycles. The van der Waals surface area contributed by atoms with Crippen molar-refractivity contribution in [3.05, 3.63) is 40.7 Å². The van der Waals surface area contributed by atoms with Crippen LogP contribution in [0.3, 0.4) is 0 Å². The fourth-order valence-corrected chi connectivity index (χ4v) is 2.16. The Hall–Kier alpha value is -2.15. The molecular formula is C14H12FNO2. The zero-order valence-corrected chi connectivity index (χ0v) is 10.00. The van der Waals surface area contributed by atoms with Crippen molar-refractivity contribution in [1.82, 2.24) is 0 Å². The molecule has 1 aromatic carbocycles. The van der Waals surface area contributed by atoms with Gasteiger partial charge in [0.05, 0.1) is 6.61 Å². The number of halogens is 1. The number of nitriles is 1. The van der Waals surface area contributed by atoms with Gasteiger partial charge in [-0.3, -0.25) is 0 Å². The summed E-state index contributed by atoms with van der Waals surface area (Å²) in [7, 11) is 0. The van der Waals surface area contributed by atoms with Crippen molar-refractivity contribution in [2.45, 2.75) is 19.8 Å². The maximum absolute atomic E-state index is 13.1. The van der Waals surface area contributed by atoms with E-state index in [2.05, 4.69) is 0 Å². The van der Waals surface area contributed by atoms with Crippen molar-refractivity contribution >= 4 is 11.5 Å². The monoisotopic (exact) mass is 245 g/mol. The van der Waals surface area contributed by atoms with E-state index in [4.69, 9.17) is 10.00 Å². The topological polar surface area (TPSA) is 50.1 Å². The molecule has 0 aliphatic heterocycles. The Balaban J connectivity index is 2.48. The van der Waals surface area contributed by atoms with Gasteiger partial charge < -0.3 is 4.74 Å². The molecule has 0 fully saturated rings. The van der Waals surface area contributed by atoms with Crippen LogP contribution in [0.2, 0.25) is 0 Å². The van der Waals surface area contributed by atoms with Crippen LogP contribution in [0.4, 0.5) is 4.39 Å². The molecule has 3 nitrogen and oxygen atoms in total. The maximum Gasteiger partial charge on any atom is 0.349 e. The third kappa shape index (κ3) is 2.12. The molecule has 0 radical (unpaired) electrons. The fourth-order valence-electron chi connectivity index (χ4n) is 2.16. The van der Waals surface area contributed by atoms with E-state index in [1.54, 1.807) is 13.0 Å². The average molecular weight is 245 g/mol. The van der Waals surface area contributed by atoms with Crippen LogP contribution < -0.4 is 0 Å². The van der Waals surface area contributed by atoms with Gasteiger partial charge in [-0.1, -0.05) is 6.07 Å². The van der Waals surface area contributed by atoms with E-state index < -0.39 is 5.97 Å². The third-order valence-corrected chi connectivity index (χ3v) is 2.93. The number of fused-ring (bicyclic) bond motifs is 1. The van der Waals surface area contributed by atoms with Crippen molar-refractivity contribution in [2.75, 3.05) is 6.61 Å². The van der Waals surface area contributed by atoms with Crippen LogP contribution >= 0.6 is 0 Å². The van der Waals surface area contributed by atoms with E-state index in [1.807, 2.05) is 6.07 Å². The van der Waals surface area contributed by atoms with Gasteiger partial charge in [-0.05, 0) is 48.6 Å². The molecule has 1 aliphatic carbocycles. The van der Waals surface area contributed by atoms with E-state index in [1.165, 1.54) is 12.1 Å². The van der Waals surface area contributed by atoms with Crippen LogP contribution in [0.15, 0.2) is 23.8 Å². The first kappa shape index (κ1) is 12.3. The molecule has 1 aromatic rings. The average Bonchev–Trinajstić information content (AvgIpc) is 2.73. The Bertz CT molecular complexity index is 570. The predicted octanol–water partition coefficient (Wildman–Crippen LogP) is 2.61. The zero-order chi connectivity index (χ0) is 13.1. The molecule has 2 rings (SSSR count). The number of ether oxygens (including phenoxy) is 1. The SMILES string of the molecule is CCOC(=O)/C(C#N)=C1/CCc2cc(F)ccc21. The van der Waals surface area contributed by atoms with Gasteiger partial charge >= 0.3 is 5.97 Å². The van der Waals surface area contributed by atoms with Gasteiger partial charge in [0.1, 0.15) is 17.5 Å². The number of aryl methyl sites for hydroxylation is 1. The van der Waals surface area contributed by atoms with Crippen molar-refractivity contribution in [3.8, 4) is 6.07 Å². The fraction of sp³-hybridized carbons (Fsp3) is 0.286. The Labute approximate surface area is 104 Å². The number of allylic oxidation sites excluding steroid dienone is 1. The molecule has 0 unspecified atom stereocenters. The van der Waals surface area contributed by atoms with Gasteiger partial charge in [0.15, 0.2) is 0 Å². The van der Waals surface area contributed by atoms with Crippen LogP contribution in [0, 0.1) is 17.1 Å². The molecule has 1 aliphatic rings. The smallest absolute Gasteiger partial charge is 0.349 e. The van der Waals surface area contributed by atoms with Gasteiger partial charge in [-0.2, -0.15) is 5.26 Å². The third-order valence-electron chi connectivity index (χ3n) is 2.93. The van der Waals surface area contributed by atoms with Crippen LogP contribution in [-0.2, 0) is 16.0 Å². The highest BCUT2D eigenvalue weighted by Crippen LogP contribution is 2.35. The second kappa shape index (κ2) is 5.01. The lowest BCUT2D eigenvalue weighted by molar-refractivity contribution is -0.137. The van der Waals surface area contributed by atoms with Gasteiger partial charge in [-0.25, -0.2) is 9.18 Å². The first-order valence-corrected chi connectivity index (χ1v) is 5.76. The Morgan fingerprint density at radius 3 is 2.94 bits per heavy atom. The molecule has 0 aromatic heterocycles. The first-order valence-electron chi connectivity index (χ1n) is 5.76. The van der Waals surface area contributed by atoms with Crippen LogP contribution in [0.5, 0.6) is 0 Å². The molecule has 0 spiro atoms. The highest BCUT2D eigenvalue weighted by molar-refractivity contribution is 6.02. The minimum absolute atomic E-state index is 0.0298. The number of nitrogens with zero attached hydrogens (tertiary/aromatic N) is 1. The summed E-state index contributed by atoms with van der Waals surface area (Å²) in [5, 5.41) is 9.08. The molecule has 0 N–H and O–H groups in total. The van der Waals surface area contributed by atoms with Crippen molar-refractivity contribution in [1.29, 1.82) is 5.26 Å². The highest BCUT2D eigenvalue weighted by Gasteiger charge is 2.24. The summed E-state index contributed by atoms with van der Waals surface area (Å²) in [6.07, 6.45) is 1.22. The standard InChI is InChI=1S/C14H12FNO2/c1-2-18-14(17)13(8-16)12-5-3-9-7-10(15)4-6-11(9)12/h4,6-7H,2-3,5H2,1H3/b13-12-. The second-order valence-corrected chi connectivity index (χ2v) is 3.99. The van der Waals surface area contributed by atoms with Crippen LogP contribution in [0.25, 0.3) is 5.57 Å². The summed E-state index contributed by atoms with van der Waals surface area (Å²) in [5.74, 6) is -0.906. The van der Waals surface area contributed by atoms with Gasteiger partial charge in [-0.15, -0.1) is 0 Å². The van der Waals surface area contributed by atoms with Gasteiger partial charge in [0.2, 0.25) is 0 Å². The lowest BCUT2D eigenvalue weighted by Crippen LogP contribution is -2.08. The largest absolute Gasteiger partial charge is 0.462 e. The lowest BCUT2D eigenvalue weighted by Gasteiger charge is -2.05. The minimum atomic E-state index is -0.604. The van der Waals surface area contributed by atoms with Crippen molar-refractivity contribution < 1.29 is 13.9 Å². The van der Waals surface area contributed by atoms with Crippen molar-refractivity contribution in [3.63, 3.8) is 0 Å². The summed E-state index contributed by atoms with van der Waals surface area (Å²) in [5.41, 5.74) is 2.30. The van der Waals surface area contributed by atoms with E-state index in [-0.39, 0.29) is 18.0 Å². The van der Waals surface area contributed by atoms with E-state index in [9.17, 15) is 9.18 Å². The quantitative estimate of drug-likeness (QED) is 0.457. The van der Waals surface area contributed by atoms with Gasteiger partial charge in [0, 0.05) is 0 Å². The number of hydrogen-bond donors (Lipinski definition) is 0. The highest BCUT2D eigenvalue weighted by atomic mass is 19.1. The number of hydrogen-bond acceptors (Lipinski definition) is 3. The first-order chi connectivity index (χ1) is 8.67. The molecule has 0 atom stereocenters. The van der Waals surface area contributed by atoms with E-state index in [0.717, 1.165) is 11.1 Å². The summed E-state index contributed by atoms with van der Waals surface area (Å²) in [6, 6.07) is 6.29. The number of benzene rings is 1. The van der Waals surface area contributed by atoms with E-state index in [0.29, 0.717) is 18.4 Å². The van der Waals surface area contributed by atoms with Gasteiger partial charge in [0.25, 0.3) is 0 Å².